The van der Waals surface area contributed by atoms with Gasteiger partial charge in [0.1, 0.15) is 12.6 Å². The number of carboxylic acid groups (broad SMARTS) is 1. The third kappa shape index (κ3) is 5.27. The first kappa shape index (κ1) is 22.7. The molecule has 2 aromatic rings. The molecule has 0 spiro atoms. The van der Waals surface area contributed by atoms with Gasteiger partial charge in [0, 0.05) is 11.7 Å². The Hall–Kier alpha value is -2.51. The predicted molar refractivity (Wildman–Crippen MR) is 125 cm³/mol. The minimum absolute atomic E-state index is 0.0548. The molecule has 2 aromatic carbocycles. The number of benzene rings is 2. The number of carbonyl (C=O) groups excluding carboxylic acids is 1. The number of fused-ring (bicyclic) bond motifs is 3. The van der Waals surface area contributed by atoms with E-state index in [1.54, 1.807) is 11.8 Å². The van der Waals surface area contributed by atoms with Crippen molar-refractivity contribution in [2.24, 2.45) is 0 Å². The van der Waals surface area contributed by atoms with Crippen LogP contribution in [0.25, 0.3) is 11.1 Å². The number of amides is 1. The average molecular weight is 456 g/mol. The summed E-state index contributed by atoms with van der Waals surface area (Å²) in [5, 5.41) is 12.0. The van der Waals surface area contributed by atoms with Gasteiger partial charge in [-0.25, -0.2) is 9.59 Å². The maximum atomic E-state index is 12.4. The quantitative estimate of drug-likeness (QED) is 0.535. The summed E-state index contributed by atoms with van der Waals surface area (Å²) in [5.41, 5.74) is 4.55. The lowest BCUT2D eigenvalue weighted by molar-refractivity contribution is -0.139. The largest absolute Gasteiger partial charge is 0.480 e. The minimum Gasteiger partial charge on any atom is -0.480 e. The van der Waals surface area contributed by atoms with Crippen LogP contribution in [0.4, 0.5) is 4.79 Å². The molecule has 3 unspecified atom stereocenters. The molecule has 1 heterocycles. The first-order chi connectivity index (χ1) is 15.5. The fourth-order valence-electron chi connectivity index (χ4n) is 4.46. The Bertz CT molecular complexity index is 919. The van der Waals surface area contributed by atoms with E-state index in [1.165, 1.54) is 0 Å². The Balaban J connectivity index is 1.27. The fraction of sp³-hybridized carbons (Fsp3) is 0.440. The standard InChI is InChI=1S/C25H29NO5S/c1-16-10-11-17(31-16)15-32-13-12-23(24(27)28)26-25(29)30-14-22-20-8-4-2-6-18(20)19-7-3-5-9-21(19)22/h2-9,16-17,22-23H,10-15H2,1H3,(H,26,29)(H,27,28). The molecule has 4 rings (SSSR count). The third-order valence-electron chi connectivity index (χ3n) is 6.11. The topological polar surface area (TPSA) is 84.9 Å². The second-order valence-corrected chi connectivity index (χ2v) is 9.52. The second kappa shape index (κ2) is 10.4. The van der Waals surface area contributed by atoms with Crippen molar-refractivity contribution in [2.45, 2.75) is 50.4 Å². The summed E-state index contributed by atoms with van der Waals surface area (Å²) in [7, 11) is 0. The number of nitrogens with one attached hydrogen (secondary N) is 1. The molecule has 1 fully saturated rings. The maximum Gasteiger partial charge on any atom is 0.407 e. The normalized spacial score (nSPS) is 20.4. The Labute approximate surface area is 192 Å². The van der Waals surface area contributed by atoms with Gasteiger partial charge in [-0.2, -0.15) is 11.8 Å². The summed E-state index contributed by atoms with van der Waals surface area (Å²) in [6.07, 6.45) is 2.32. The van der Waals surface area contributed by atoms with Crippen LogP contribution in [0.15, 0.2) is 48.5 Å². The van der Waals surface area contributed by atoms with Crippen molar-refractivity contribution >= 4 is 23.8 Å². The molecular formula is C25H29NO5S. The van der Waals surface area contributed by atoms with E-state index in [2.05, 4.69) is 24.4 Å². The lowest BCUT2D eigenvalue weighted by atomic mass is 9.98. The molecular weight excluding hydrogens is 426 g/mol. The molecule has 6 nitrogen and oxygen atoms in total. The van der Waals surface area contributed by atoms with Gasteiger partial charge in [0.2, 0.25) is 0 Å². The number of hydrogen-bond donors (Lipinski definition) is 2. The zero-order chi connectivity index (χ0) is 22.5. The zero-order valence-corrected chi connectivity index (χ0v) is 19.0. The van der Waals surface area contributed by atoms with Crippen LogP contribution in [0.2, 0.25) is 0 Å². The zero-order valence-electron chi connectivity index (χ0n) is 18.2. The number of thioether (sulfide) groups is 1. The van der Waals surface area contributed by atoms with E-state index < -0.39 is 18.1 Å². The Kier molecular flexibility index (Phi) is 7.37. The van der Waals surface area contributed by atoms with Gasteiger partial charge in [-0.3, -0.25) is 0 Å². The van der Waals surface area contributed by atoms with E-state index in [9.17, 15) is 14.7 Å². The lowest BCUT2D eigenvalue weighted by Crippen LogP contribution is -2.41. The third-order valence-corrected chi connectivity index (χ3v) is 7.24. The van der Waals surface area contributed by atoms with Gasteiger partial charge in [0.15, 0.2) is 0 Å². The van der Waals surface area contributed by atoms with E-state index in [4.69, 9.17) is 9.47 Å². The molecule has 0 aromatic heterocycles. The SMILES string of the molecule is CC1CCC(CSCCC(NC(=O)OCC2c3ccccc3-c3ccccc32)C(=O)O)O1. The maximum absolute atomic E-state index is 12.4. The lowest BCUT2D eigenvalue weighted by Gasteiger charge is -2.17. The van der Waals surface area contributed by atoms with Crippen LogP contribution in [0.3, 0.4) is 0 Å². The molecule has 2 aliphatic rings. The van der Waals surface area contributed by atoms with E-state index in [0.29, 0.717) is 18.3 Å². The van der Waals surface area contributed by atoms with Gasteiger partial charge in [0.05, 0.1) is 12.2 Å². The van der Waals surface area contributed by atoms with Crippen molar-refractivity contribution in [3.8, 4) is 11.1 Å². The molecule has 1 aliphatic heterocycles. The van der Waals surface area contributed by atoms with Gasteiger partial charge >= 0.3 is 12.1 Å². The molecule has 1 aliphatic carbocycles. The molecule has 3 atom stereocenters. The molecule has 0 radical (unpaired) electrons. The molecule has 1 amide bonds. The average Bonchev–Trinajstić information content (AvgIpc) is 3.35. The number of ether oxygens (including phenoxy) is 2. The van der Waals surface area contributed by atoms with Crippen molar-refractivity contribution in [1.82, 2.24) is 5.32 Å². The molecule has 2 N–H and O–H groups in total. The molecule has 1 saturated heterocycles. The van der Waals surface area contributed by atoms with Crippen LogP contribution < -0.4 is 5.32 Å². The summed E-state index contributed by atoms with van der Waals surface area (Å²) in [6.45, 7) is 2.24. The monoisotopic (exact) mass is 455 g/mol. The van der Waals surface area contributed by atoms with Crippen LogP contribution in [-0.2, 0) is 14.3 Å². The highest BCUT2D eigenvalue weighted by Crippen LogP contribution is 2.44. The van der Waals surface area contributed by atoms with Crippen LogP contribution in [0, 0.1) is 0 Å². The number of alkyl carbamates (subject to hydrolysis) is 1. The van der Waals surface area contributed by atoms with Crippen molar-refractivity contribution in [2.75, 3.05) is 18.1 Å². The van der Waals surface area contributed by atoms with Crippen molar-refractivity contribution in [1.29, 1.82) is 0 Å². The number of carboxylic acids is 1. The number of carbonyl (C=O) groups is 2. The minimum atomic E-state index is -1.05. The first-order valence-electron chi connectivity index (χ1n) is 11.1. The van der Waals surface area contributed by atoms with E-state index in [0.717, 1.165) is 40.8 Å². The van der Waals surface area contributed by atoms with Gasteiger partial charge in [-0.05, 0) is 54.2 Å². The summed E-state index contributed by atoms with van der Waals surface area (Å²) < 4.78 is 11.3. The van der Waals surface area contributed by atoms with Crippen LogP contribution in [0.5, 0.6) is 0 Å². The van der Waals surface area contributed by atoms with Gasteiger partial charge < -0.3 is 19.9 Å². The van der Waals surface area contributed by atoms with Crippen LogP contribution >= 0.6 is 11.8 Å². The van der Waals surface area contributed by atoms with Crippen molar-refractivity contribution in [3.05, 3.63) is 59.7 Å². The van der Waals surface area contributed by atoms with Gasteiger partial charge in [-0.15, -0.1) is 0 Å². The number of aliphatic carboxylic acids is 1. The highest BCUT2D eigenvalue weighted by Gasteiger charge is 2.30. The van der Waals surface area contributed by atoms with Crippen molar-refractivity contribution in [3.63, 3.8) is 0 Å². The van der Waals surface area contributed by atoms with Crippen LogP contribution in [-0.4, -0.2) is 53.5 Å². The molecule has 0 saturated carbocycles. The van der Waals surface area contributed by atoms with Gasteiger partial charge in [-0.1, -0.05) is 48.5 Å². The number of hydrogen-bond acceptors (Lipinski definition) is 5. The second-order valence-electron chi connectivity index (χ2n) is 8.37. The number of rotatable bonds is 9. The molecule has 0 bridgehead atoms. The van der Waals surface area contributed by atoms with Gasteiger partial charge in [0.25, 0.3) is 0 Å². The van der Waals surface area contributed by atoms with E-state index >= 15 is 0 Å². The highest BCUT2D eigenvalue weighted by molar-refractivity contribution is 7.99. The molecule has 7 heteroatoms. The Morgan fingerprint density at radius 3 is 2.38 bits per heavy atom. The molecule has 32 heavy (non-hydrogen) atoms. The highest BCUT2D eigenvalue weighted by atomic mass is 32.2. The molecule has 170 valence electrons. The summed E-state index contributed by atoms with van der Waals surface area (Å²) >= 11 is 1.66. The van der Waals surface area contributed by atoms with E-state index in [-0.39, 0.29) is 18.6 Å². The Morgan fingerprint density at radius 2 is 1.78 bits per heavy atom. The summed E-state index contributed by atoms with van der Waals surface area (Å²) in [6, 6.07) is 15.2. The van der Waals surface area contributed by atoms with Crippen LogP contribution in [0.1, 0.15) is 43.2 Å². The first-order valence-corrected chi connectivity index (χ1v) is 12.3. The van der Waals surface area contributed by atoms with Crippen molar-refractivity contribution < 1.29 is 24.2 Å². The predicted octanol–water partition coefficient (Wildman–Crippen LogP) is 4.67. The Morgan fingerprint density at radius 1 is 1.12 bits per heavy atom. The fourth-order valence-corrected chi connectivity index (χ4v) is 5.54. The smallest absolute Gasteiger partial charge is 0.407 e. The van der Waals surface area contributed by atoms with E-state index in [1.807, 2.05) is 36.4 Å². The summed E-state index contributed by atoms with van der Waals surface area (Å²) in [4.78, 5) is 24.0. The summed E-state index contributed by atoms with van der Waals surface area (Å²) in [5.74, 6) is 0.377.